The van der Waals surface area contributed by atoms with E-state index in [-0.39, 0.29) is 0 Å². The van der Waals surface area contributed by atoms with E-state index in [1.807, 2.05) is 42.3 Å². The number of carbonyl (C=O) groups is 1. The monoisotopic (exact) mass is 236 g/mol. The zero-order valence-corrected chi connectivity index (χ0v) is 10.6. The molecule has 0 aliphatic heterocycles. The molecule has 0 heterocycles. The molecule has 0 aliphatic rings. The fourth-order valence-corrected chi connectivity index (χ4v) is 1.81. The molecule has 1 aromatic rings. The standard InChI is InChI=1S/C13H20N2O2/c1-13(14,12(16)17-3)10-15(2)9-11-7-5-4-6-8-11/h4-8H,9-10,14H2,1-3H3. The van der Waals surface area contributed by atoms with Gasteiger partial charge >= 0.3 is 5.97 Å². The third-order valence-electron chi connectivity index (χ3n) is 2.55. The molecule has 0 radical (unpaired) electrons. The van der Waals surface area contributed by atoms with Crippen LogP contribution in [0.2, 0.25) is 0 Å². The van der Waals surface area contributed by atoms with Crippen molar-refractivity contribution in [1.29, 1.82) is 0 Å². The molecule has 4 nitrogen and oxygen atoms in total. The molecule has 0 aliphatic carbocycles. The van der Waals surface area contributed by atoms with Crippen molar-refractivity contribution in [3.63, 3.8) is 0 Å². The average molecular weight is 236 g/mol. The number of hydrogen-bond acceptors (Lipinski definition) is 4. The Hall–Kier alpha value is -1.39. The summed E-state index contributed by atoms with van der Waals surface area (Å²) >= 11 is 0. The molecular formula is C13H20N2O2. The second kappa shape index (κ2) is 5.80. The Balaban J connectivity index is 2.55. The van der Waals surface area contributed by atoms with Crippen molar-refractivity contribution in [3.8, 4) is 0 Å². The van der Waals surface area contributed by atoms with Crippen LogP contribution < -0.4 is 5.73 Å². The molecule has 0 bridgehead atoms. The largest absolute Gasteiger partial charge is 0.468 e. The molecule has 1 aromatic carbocycles. The molecule has 1 unspecified atom stereocenters. The molecule has 0 aromatic heterocycles. The highest BCUT2D eigenvalue weighted by molar-refractivity contribution is 5.80. The predicted molar refractivity (Wildman–Crippen MR) is 67.4 cm³/mol. The fraction of sp³-hybridized carbons (Fsp3) is 0.462. The Kier molecular flexibility index (Phi) is 4.66. The number of carbonyl (C=O) groups excluding carboxylic acids is 1. The van der Waals surface area contributed by atoms with Gasteiger partial charge in [-0.25, -0.2) is 0 Å². The van der Waals surface area contributed by atoms with Gasteiger partial charge in [0.05, 0.1) is 7.11 Å². The van der Waals surface area contributed by atoms with Gasteiger partial charge in [0.25, 0.3) is 0 Å². The quantitative estimate of drug-likeness (QED) is 0.775. The Bertz CT molecular complexity index is 363. The number of nitrogens with two attached hydrogens (primary N) is 1. The lowest BCUT2D eigenvalue weighted by atomic mass is 10.0. The van der Waals surface area contributed by atoms with Crippen LogP contribution in [0.25, 0.3) is 0 Å². The smallest absolute Gasteiger partial charge is 0.326 e. The summed E-state index contributed by atoms with van der Waals surface area (Å²) in [5.74, 6) is -0.391. The molecule has 1 atom stereocenters. The lowest BCUT2D eigenvalue weighted by molar-refractivity contribution is -0.147. The normalized spacial score (nSPS) is 14.4. The maximum Gasteiger partial charge on any atom is 0.326 e. The van der Waals surface area contributed by atoms with E-state index in [0.717, 1.165) is 6.54 Å². The number of rotatable bonds is 5. The molecule has 1 rings (SSSR count). The summed E-state index contributed by atoms with van der Waals surface area (Å²) in [5.41, 5.74) is 6.13. The van der Waals surface area contributed by atoms with E-state index in [0.29, 0.717) is 6.54 Å². The van der Waals surface area contributed by atoms with E-state index in [1.54, 1.807) is 6.92 Å². The van der Waals surface area contributed by atoms with Crippen molar-refractivity contribution in [2.75, 3.05) is 20.7 Å². The molecule has 0 spiro atoms. The molecular weight excluding hydrogens is 216 g/mol. The number of nitrogens with zero attached hydrogens (tertiary/aromatic N) is 1. The van der Waals surface area contributed by atoms with Gasteiger partial charge in [-0.3, -0.25) is 9.69 Å². The van der Waals surface area contributed by atoms with Gasteiger partial charge in [0.15, 0.2) is 0 Å². The maximum absolute atomic E-state index is 11.4. The van der Waals surface area contributed by atoms with Gasteiger partial charge in [0.1, 0.15) is 5.54 Å². The first-order valence-electron chi connectivity index (χ1n) is 5.55. The summed E-state index contributed by atoms with van der Waals surface area (Å²) in [6.45, 7) is 2.89. The number of ether oxygens (including phenoxy) is 1. The molecule has 2 N–H and O–H groups in total. The van der Waals surface area contributed by atoms with Crippen LogP contribution in [0, 0.1) is 0 Å². The summed E-state index contributed by atoms with van der Waals surface area (Å²) in [6, 6.07) is 10.0. The van der Waals surface area contributed by atoms with E-state index in [1.165, 1.54) is 12.7 Å². The summed E-state index contributed by atoms with van der Waals surface area (Å²) in [4.78, 5) is 13.5. The number of esters is 1. The second-order valence-corrected chi connectivity index (χ2v) is 4.57. The third kappa shape index (κ3) is 4.17. The van der Waals surface area contributed by atoms with Crippen LogP contribution in [0.5, 0.6) is 0 Å². The Morgan fingerprint density at radius 2 is 2.00 bits per heavy atom. The highest BCUT2D eigenvalue weighted by atomic mass is 16.5. The van der Waals surface area contributed by atoms with E-state index in [9.17, 15) is 4.79 Å². The van der Waals surface area contributed by atoms with Crippen molar-refractivity contribution in [2.24, 2.45) is 5.73 Å². The van der Waals surface area contributed by atoms with Gasteiger partial charge in [-0.2, -0.15) is 0 Å². The van der Waals surface area contributed by atoms with E-state index in [2.05, 4.69) is 4.74 Å². The summed E-state index contributed by atoms with van der Waals surface area (Å²) < 4.78 is 4.68. The van der Waals surface area contributed by atoms with Crippen LogP contribution in [0.15, 0.2) is 30.3 Å². The Morgan fingerprint density at radius 1 is 1.41 bits per heavy atom. The minimum absolute atomic E-state index is 0.391. The molecule has 4 heteroatoms. The van der Waals surface area contributed by atoms with Crippen LogP contribution in [0.1, 0.15) is 12.5 Å². The van der Waals surface area contributed by atoms with Crippen molar-refractivity contribution in [1.82, 2.24) is 4.90 Å². The minimum Gasteiger partial charge on any atom is -0.468 e. The Labute approximate surface area is 102 Å². The maximum atomic E-state index is 11.4. The second-order valence-electron chi connectivity index (χ2n) is 4.57. The van der Waals surface area contributed by atoms with Gasteiger partial charge in [-0.1, -0.05) is 30.3 Å². The zero-order chi connectivity index (χ0) is 12.9. The topological polar surface area (TPSA) is 55.6 Å². The highest BCUT2D eigenvalue weighted by Gasteiger charge is 2.30. The average Bonchev–Trinajstić information content (AvgIpc) is 2.28. The first-order valence-corrected chi connectivity index (χ1v) is 5.55. The van der Waals surface area contributed by atoms with Crippen molar-refractivity contribution >= 4 is 5.97 Å². The van der Waals surface area contributed by atoms with Gasteiger partial charge < -0.3 is 10.5 Å². The molecule has 17 heavy (non-hydrogen) atoms. The summed E-state index contributed by atoms with van der Waals surface area (Å²) in [6.07, 6.45) is 0. The number of benzene rings is 1. The van der Waals surface area contributed by atoms with Gasteiger partial charge in [-0.05, 0) is 19.5 Å². The Morgan fingerprint density at radius 3 is 2.53 bits per heavy atom. The van der Waals surface area contributed by atoms with E-state index < -0.39 is 11.5 Å². The zero-order valence-electron chi connectivity index (χ0n) is 10.6. The first kappa shape index (κ1) is 13.7. The molecule has 0 saturated heterocycles. The number of likely N-dealkylation sites (N-methyl/N-ethyl adjacent to an activating group) is 1. The van der Waals surface area contributed by atoms with Gasteiger partial charge in [0, 0.05) is 13.1 Å². The van der Waals surface area contributed by atoms with E-state index in [4.69, 9.17) is 5.73 Å². The third-order valence-corrected chi connectivity index (χ3v) is 2.55. The lowest BCUT2D eigenvalue weighted by Gasteiger charge is -2.27. The highest BCUT2D eigenvalue weighted by Crippen LogP contribution is 2.08. The van der Waals surface area contributed by atoms with Crippen molar-refractivity contribution in [3.05, 3.63) is 35.9 Å². The van der Waals surface area contributed by atoms with Crippen molar-refractivity contribution < 1.29 is 9.53 Å². The van der Waals surface area contributed by atoms with Crippen LogP contribution in [0.4, 0.5) is 0 Å². The number of hydrogen-bond donors (Lipinski definition) is 1. The van der Waals surface area contributed by atoms with Gasteiger partial charge in [0.2, 0.25) is 0 Å². The lowest BCUT2D eigenvalue weighted by Crippen LogP contribution is -2.53. The van der Waals surface area contributed by atoms with Gasteiger partial charge in [-0.15, -0.1) is 0 Å². The summed E-state index contributed by atoms with van der Waals surface area (Å²) in [5, 5.41) is 0. The molecule has 0 amide bonds. The molecule has 0 saturated carbocycles. The minimum atomic E-state index is -0.974. The van der Waals surface area contributed by atoms with Crippen LogP contribution >= 0.6 is 0 Å². The van der Waals surface area contributed by atoms with Crippen molar-refractivity contribution in [2.45, 2.75) is 19.0 Å². The van der Waals surface area contributed by atoms with Crippen LogP contribution in [-0.4, -0.2) is 37.1 Å². The fourth-order valence-electron chi connectivity index (χ4n) is 1.81. The van der Waals surface area contributed by atoms with Crippen LogP contribution in [0.3, 0.4) is 0 Å². The molecule has 94 valence electrons. The summed E-state index contributed by atoms with van der Waals surface area (Å²) in [7, 11) is 3.28. The predicted octanol–water partition coefficient (Wildman–Crippen LogP) is 1.01. The molecule has 0 fully saturated rings. The SMILES string of the molecule is COC(=O)C(C)(N)CN(C)Cc1ccccc1. The van der Waals surface area contributed by atoms with Crippen LogP contribution in [-0.2, 0) is 16.1 Å². The number of methoxy groups -OCH3 is 1. The van der Waals surface area contributed by atoms with E-state index >= 15 is 0 Å². The first-order chi connectivity index (χ1) is 7.95.